The highest BCUT2D eigenvalue weighted by atomic mass is 15.2. The zero-order valence-corrected chi connectivity index (χ0v) is 15.8. The topological polar surface area (TPSA) is 3.24 Å². The second kappa shape index (κ2) is 14.5. The predicted molar refractivity (Wildman–Crippen MR) is 101 cm³/mol. The number of unbranched alkanes of at least 4 members (excludes halogenated alkanes) is 9. The van der Waals surface area contributed by atoms with Crippen molar-refractivity contribution in [2.45, 2.75) is 123 Å². The van der Waals surface area contributed by atoms with Crippen LogP contribution in [0.25, 0.3) is 0 Å². The molecule has 22 heavy (non-hydrogen) atoms. The molecular weight excluding hydrogens is 266 g/mol. The van der Waals surface area contributed by atoms with Crippen molar-refractivity contribution >= 4 is 0 Å². The van der Waals surface area contributed by atoms with E-state index >= 15 is 0 Å². The molecule has 0 aliphatic carbocycles. The lowest BCUT2D eigenvalue weighted by atomic mass is 9.98. The zero-order valence-electron chi connectivity index (χ0n) is 15.8. The first-order chi connectivity index (χ1) is 10.9. The first kappa shape index (κ1) is 20.0. The molecule has 0 N–H and O–H groups in total. The summed E-state index contributed by atoms with van der Waals surface area (Å²) in [6, 6.07) is 0.907. The summed E-state index contributed by atoms with van der Waals surface area (Å²) in [5, 5.41) is 0. The maximum Gasteiger partial charge on any atom is 0.00952 e. The van der Waals surface area contributed by atoms with Gasteiger partial charge in [-0.2, -0.15) is 0 Å². The summed E-state index contributed by atoms with van der Waals surface area (Å²) in [5.74, 6) is 0. The van der Waals surface area contributed by atoms with Crippen molar-refractivity contribution in [1.29, 1.82) is 0 Å². The Labute approximate surface area is 141 Å². The van der Waals surface area contributed by atoms with E-state index in [1.54, 1.807) is 0 Å². The molecule has 132 valence electrons. The van der Waals surface area contributed by atoms with E-state index in [1.165, 1.54) is 116 Å². The molecule has 1 aliphatic rings. The van der Waals surface area contributed by atoms with Gasteiger partial charge in [-0.25, -0.2) is 0 Å². The lowest BCUT2D eigenvalue weighted by Crippen LogP contribution is -2.39. The van der Waals surface area contributed by atoms with E-state index in [1.807, 2.05) is 0 Å². The summed E-state index contributed by atoms with van der Waals surface area (Å²) < 4.78 is 0. The zero-order chi connectivity index (χ0) is 15.9. The minimum atomic E-state index is 0.907. The normalized spacial score (nSPS) is 17.7. The van der Waals surface area contributed by atoms with Gasteiger partial charge in [0.2, 0.25) is 0 Å². The monoisotopic (exact) mass is 309 g/mol. The Morgan fingerprint density at radius 3 is 1.68 bits per heavy atom. The summed E-state index contributed by atoms with van der Waals surface area (Å²) in [6.45, 7) is 7.40. The van der Waals surface area contributed by atoms with Crippen molar-refractivity contribution < 1.29 is 0 Å². The van der Waals surface area contributed by atoms with Crippen LogP contribution in [0.4, 0.5) is 0 Å². The van der Waals surface area contributed by atoms with Gasteiger partial charge in [0.15, 0.2) is 0 Å². The SMILES string of the molecule is CCCCCCCCCCCC(CCCC)N1CCCCC1. The summed E-state index contributed by atoms with van der Waals surface area (Å²) in [4.78, 5) is 2.82. The molecule has 0 aromatic carbocycles. The summed E-state index contributed by atoms with van der Waals surface area (Å²) >= 11 is 0. The van der Waals surface area contributed by atoms with Crippen LogP contribution in [0.15, 0.2) is 0 Å². The second-order valence-corrected chi connectivity index (χ2v) is 7.51. The molecule has 0 aromatic heterocycles. The number of rotatable bonds is 14. The largest absolute Gasteiger partial charge is 0.300 e. The molecule has 1 atom stereocenters. The third kappa shape index (κ3) is 9.87. The van der Waals surface area contributed by atoms with Gasteiger partial charge >= 0.3 is 0 Å². The molecule has 1 nitrogen and oxygen atoms in total. The van der Waals surface area contributed by atoms with Crippen molar-refractivity contribution in [2.24, 2.45) is 0 Å². The Morgan fingerprint density at radius 2 is 1.09 bits per heavy atom. The van der Waals surface area contributed by atoms with Crippen LogP contribution in [0.1, 0.15) is 117 Å². The molecule has 1 fully saturated rings. The summed E-state index contributed by atoms with van der Waals surface area (Å²) in [7, 11) is 0. The maximum atomic E-state index is 2.82. The molecule has 0 amide bonds. The van der Waals surface area contributed by atoms with Gasteiger partial charge in [0.1, 0.15) is 0 Å². The molecule has 0 aromatic rings. The molecule has 0 spiro atoms. The average molecular weight is 310 g/mol. The lowest BCUT2D eigenvalue weighted by molar-refractivity contribution is 0.143. The predicted octanol–water partition coefficient (Wildman–Crippen LogP) is 6.95. The Bertz CT molecular complexity index is 220. The second-order valence-electron chi connectivity index (χ2n) is 7.51. The van der Waals surface area contributed by atoms with Crippen LogP contribution < -0.4 is 0 Å². The molecular formula is C21H43N. The Balaban J connectivity index is 2.04. The van der Waals surface area contributed by atoms with Crippen molar-refractivity contribution in [3.8, 4) is 0 Å². The number of nitrogens with zero attached hydrogens (tertiary/aromatic N) is 1. The van der Waals surface area contributed by atoms with Crippen LogP contribution >= 0.6 is 0 Å². The summed E-state index contributed by atoms with van der Waals surface area (Å²) in [5.41, 5.74) is 0. The van der Waals surface area contributed by atoms with Crippen LogP contribution in [0.2, 0.25) is 0 Å². The van der Waals surface area contributed by atoms with Crippen LogP contribution in [-0.2, 0) is 0 Å². The molecule has 1 aliphatic heterocycles. The van der Waals surface area contributed by atoms with Crippen LogP contribution in [0.3, 0.4) is 0 Å². The minimum Gasteiger partial charge on any atom is -0.300 e. The molecule has 1 saturated heterocycles. The number of hydrogen-bond acceptors (Lipinski definition) is 1. The maximum absolute atomic E-state index is 2.82. The van der Waals surface area contributed by atoms with Gasteiger partial charge in [-0.15, -0.1) is 0 Å². The Hall–Kier alpha value is -0.0400. The number of hydrogen-bond donors (Lipinski definition) is 0. The third-order valence-electron chi connectivity index (χ3n) is 5.44. The molecule has 1 rings (SSSR count). The van der Waals surface area contributed by atoms with E-state index in [-0.39, 0.29) is 0 Å². The number of likely N-dealkylation sites (tertiary alicyclic amines) is 1. The van der Waals surface area contributed by atoms with Gasteiger partial charge in [0, 0.05) is 6.04 Å². The highest BCUT2D eigenvalue weighted by Gasteiger charge is 2.19. The quantitative estimate of drug-likeness (QED) is 0.314. The van der Waals surface area contributed by atoms with Gasteiger partial charge in [0.25, 0.3) is 0 Å². The van der Waals surface area contributed by atoms with Gasteiger partial charge in [-0.3, -0.25) is 0 Å². The van der Waals surface area contributed by atoms with Crippen molar-refractivity contribution in [3.05, 3.63) is 0 Å². The number of piperidine rings is 1. The van der Waals surface area contributed by atoms with Crippen LogP contribution in [-0.4, -0.2) is 24.0 Å². The molecule has 1 heterocycles. The fourth-order valence-electron chi connectivity index (χ4n) is 3.92. The first-order valence-electron chi connectivity index (χ1n) is 10.6. The van der Waals surface area contributed by atoms with Crippen LogP contribution in [0, 0.1) is 0 Å². The van der Waals surface area contributed by atoms with Gasteiger partial charge in [-0.05, 0) is 38.8 Å². The fraction of sp³-hybridized carbons (Fsp3) is 1.00. The van der Waals surface area contributed by atoms with E-state index in [0.717, 1.165) is 6.04 Å². The fourth-order valence-corrected chi connectivity index (χ4v) is 3.92. The van der Waals surface area contributed by atoms with E-state index in [4.69, 9.17) is 0 Å². The van der Waals surface area contributed by atoms with Crippen LogP contribution in [0.5, 0.6) is 0 Å². The highest BCUT2D eigenvalue weighted by Crippen LogP contribution is 2.21. The molecule has 0 saturated carbocycles. The van der Waals surface area contributed by atoms with E-state index in [9.17, 15) is 0 Å². The molecule has 1 unspecified atom stereocenters. The van der Waals surface area contributed by atoms with Crippen molar-refractivity contribution in [3.63, 3.8) is 0 Å². The average Bonchev–Trinajstić information content (AvgIpc) is 2.57. The Morgan fingerprint density at radius 1 is 0.591 bits per heavy atom. The highest BCUT2D eigenvalue weighted by molar-refractivity contribution is 4.75. The van der Waals surface area contributed by atoms with E-state index in [2.05, 4.69) is 18.7 Å². The van der Waals surface area contributed by atoms with E-state index < -0.39 is 0 Å². The smallest absolute Gasteiger partial charge is 0.00952 e. The van der Waals surface area contributed by atoms with E-state index in [0.29, 0.717) is 0 Å². The van der Waals surface area contributed by atoms with Gasteiger partial charge < -0.3 is 4.90 Å². The van der Waals surface area contributed by atoms with Crippen molar-refractivity contribution in [2.75, 3.05) is 13.1 Å². The van der Waals surface area contributed by atoms with Gasteiger partial charge in [-0.1, -0.05) is 90.9 Å². The lowest BCUT2D eigenvalue weighted by Gasteiger charge is -2.35. The molecule has 1 heteroatoms. The minimum absolute atomic E-state index is 0.907. The van der Waals surface area contributed by atoms with Crippen molar-refractivity contribution in [1.82, 2.24) is 4.90 Å². The molecule has 0 radical (unpaired) electrons. The standard InChI is InChI=1S/C21H43N/c1-3-5-7-8-9-10-11-12-14-18-21(17-6-4-2)22-19-15-13-16-20-22/h21H,3-20H2,1-2H3. The Kier molecular flexibility index (Phi) is 13.2. The summed E-state index contributed by atoms with van der Waals surface area (Å²) in [6.07, 6.45) is 23.2. The first-order valence-corrected chi connectivity index (χ1v) is 10.6. The van der Waals surface area contributed by atoms with Gasteiger partial charge in [0.05, 0.1) is 0 Å². The third-order valence-corrected chi connectivity index (χ3v) is 5.44. The molecule has 0 bridgehead atoms.